The van der Waals surface area contributed by atoms with E-state index < -0.39 is 0 Å². The molecule has 1 N–H and O–H groups in total. The minimum atomic E-state index is 0.0515. The number of ether oxygens (including phenoxy) is 1. The van der Waals surface area contributed by atoms with E-state index >= 15 is 0 Å². The molecule has 0 aromatic carbocycles. The van der Waals surface area contributed by atoms with E-state index in [1.807, 2.05) is 27.7 Å². The summed E-state index contributed by atoms with van der Waals surface area (Å²) in [6.45, 7) is 8.36. The smallest absolute Gasteiger partial charge is 0.218 e. The maximum atomic E-state index is 5.34. The van der Waals surface area contributed by atoms with Gasteiger partial charge >= 0.3 is 0 Å². The lowest BCUT2D eigenvalue weighted by atomic mass is 10.1. The van der Waals surface area contributed by atoms with E-state index in [2.05, 4.69) is 20.4 Å². The van der Waals surface area contributed by atoms with Crippen molar-refractivity contribution in [1.82, 2.24) is 15.1 Å². The highest BCUT2D eigenvalue weighted by Crippen LogP contribution is 2.24. The second-order valence-electron chi connectivity index (χ2n) is 4.28. The second kappa shape index (κ2) is 5.69. The molecular weight excluding hydrogens is 244 g/mol. The summed E-state index contributed by atoms with van der Waals surface area (Å²) < 4.78 is 10.5. The molecule has 0 aliphatic heterocycles. The number of aromatic nitrogens is 3. The highest BCUT2D eigenvalue weighted by molar-refractivity contribution is 5.41. The highest BCUT2D eigenvalue weighted by Gasteiger charge is 2.16. The average molecular weight is 262 g/mol. The van der Waals surface area contributed by atoms with Crippen LogP contribution in [0, 0.1) is 13.8 Å². The standard InChI is InChI=1S/C13H18N4O2/c1-5-18-12-6-11(14-7-15-12)16-8(2)13-9(3)17-19-10(13)4/h6-8H,5H2,1-4H3,(H,14,15,16). The third-order valence-electron chi connectivity index (χ3n) is 2.82. The van der Waals surface area contributed by atoms with E-state index in [1.54, 1.807) is 6.07 Å². The van der Waals surface area contributed by atoms with Crippen molar-refractivity contribution in [1.29, 1.82) is 0 Å². The van der Waals surface area contributed by atoms with Gasteiger partial charge in [0, 0.05) is 11.6 Å². The Labute approximate surface area is 112 Å². The number of hydrogen-bond acceptors (Lipinski definition) is 6. The van der Waals surface area contributed by atoms with Gasteiger partial charge in [0.05, 0.1) is 18.3 Å². The Morgan fingerprint density at radius 1 is 1.37 bits per heavy atom. The Kier molecular flexibility index (Phi) is 3.99. The van der Waals surface area contributed by atoms with Crippen LogP contribution >= 0.6 is 0 Å². The molecule has 19 heavy (non-hydrogen) atoms. The molecule has 1 atom stereocenters. The van der Waals surface area contributed by atoms with Crippen molar-refractivity contribution in [2.24, 2.45) is 0 Å². The predicted molar refractivity (Wildman–Crippen MR) is 71.2 cm³/mol. The first-order valence-electron chi connectivity index (χ1n) is 6.26. The molecule has 1 unspecified atom stereocenters. The van der Waals surface area contributed by atoms with Gasteiger partial charge in [-0.3, -0.25) is 0 Å². The molecule has 0 saturated carbocycles. The van der Waals surface area contributed by atoms with Crippen molar-refractivity contribution in [3.8, 4) is 5.88 Å². The SMILES string of the molecule is CCOc1cc(NC(C)c2c(C)noc2C)ncn1. The van der Waals surface area contributed by atoms with Crippen LogP contribution in [0.1, 0.15) is 36.9 Å². The summed E-state index contributed by atoms with van der Waals surface area (Å²) in [6, 6.07) is 1.83. The third kappa shape index (κ3) is 3.01. The van der Waals surface area contributed by atoms with Crippen molar-refractivity contribution < 1.29 is 9.26 Å². The number of nitrogens with one attached hydrogen (secondary N) is 1. The second-order valence-corrected chi connectivity index (χ2v) is 4.28. The Hall–Kier alpha value is -2.11. The van der Waals surface area contributed by atoms with Crippen LogP contribution in [0.5, 0.6) is 5.88 Å². The first-order chi connectivity index (χ1) is 9.11. The quantitative estimate of drug-likeness (QED) is 0.893. The molecule has 6 nitrogen and oxygen atoms in total. The summed E-state index contributed by atoms with van der Waals surface area (Å²) in [5.74, 6) is 2.09. The van der Waals surface area contributed by atoms with E-state index in [1.165, 1.54) is 6.33 Å². The van der Waals surface area contributed by atoms with Crippen LogP contribution in [0.3, 0.4) is 0 Å². The fourth-order valence-corrected chi connectivity index (χ4v) is 2.05. The van der Waals surface area contributed by atoms with Gasteiger partial charge in [0.1, 0.15) is 17.9 Å². The minimum absolute atomic E-state index is 0.0515. The number of nitrogens with zero attached hydrogens (tertiary/aromatic N) is 3. The van der Waals surface area contributed by atoms with Gasteiger partial charge in [-0.05, 0) is 27.7 Å². The molecule has 6 heteroatoms. The van der Waals surface area contributed by atoms with Crippen molar-refractivity contribution in [3.05, 3.63) is 29.4 Å². The number of anilines is 1. The van der Waals surface area contributed by atoms with Crippen LogP contribution in [0.25, 0.3) is 0 Å². The highest BCUT2D eigenvalue weighted by atomic mass is 16.5. The van der Waals surface area contributed by atoms with Crippen LogP contribution < -0.4 is 10.1 Å². The van der Waals surface area contributed by atoms with E-state index in [-0.39, 0.29) is 6.04 Å². The predicted octanol–water partition coefficient (Wildman–Crippen LogP) is 2.65. The van der Waals surface area contributed by atoms with Crippen molar-refractivity contribution >= 4 is 5.82 Å². The van der Waals surface area contributed by atoms with Gasteiger partial charge in [-0.1, -0.05) is 5.16 Å². The van der Waals surface area contributed by atoms with Crippen LogP contribution in [0.15, 0.2) is 16.9 Å². The van der Waals surface area contributed by atoms with E-state index in [9.17, 15) is 0 Å². The fraction of sp³-hybridized carbons (Fsp3) is 0.462. The molecule has 0 fully saturated rings. The summed E-state index contributed by atoms with van der Waals surface area (Å²) in [5.41, 5.74) is 1.94. The Balaban J connectivity index is 2.14. The molecule has 2 rings (SSSR count). The Morgan fingerprint density at radius 2 is 2.16 bits per heavy atom. The van der Waals surface area contributed by atoms with Crippen molar-refractivity contribution in [2.45, 2.75) is 33.7 Å². The molecule has 0 aliphatic carbocycles. The lowest BCUT2D eigenvalue weighted by molar-refractivity contribution is 0.326. The van der Waals surface area contributed by atoms with Crippen LogP contribution in [0.2, 0.25) is 0 Å². The van der Waals surface area contributed by atoms with E-state index in [0.29, 0.717) is 18.3 Å². The third-order valence-corrected chi connectivity index (χ3v) is 2.82. The summed E-state index contributed by atoms with van der Waals surface area (Å²) in [7, 11) is 0. The van der Waals surface area contributed by atoms with Crippen molar-refractivity contribution in [3.63, 3.8) is 0 Å². The fourth-order valence-electron chi connectivity index (χ4n) is 2.05. The van der Waals surface area contributed by atoms with E-state index in [0.717, 1.165) is 17.0 Å². The summed E-state index contributed by atoms with van der Waals surface area (Å²) >= 11 is 0. The molecule has 0 bridgehead atoms. The first kappa shape index (κ1) is 13.3. The average Bonchev–Trinajstić information content (AvgIpc) is 2.70. The maximum Gasteiger partial charge on any atom is 0.218 e. The zero-order chi connectivity index (χ0) is 13.8. The monoisotopic (exact) mass is 262 g/mol. The van der Waals surface area contributed by atoms with Crippen molar-refractivity contribution in [2.75, 3.05) is 11.9 Å². The largest absolute Gasteiger partial charge is 0.478 e. The van der Waals surface area contributed by atoms with Gasteiger partial charge in [0.25, 0.3) is 0 Å². The van der Waals surface area contributed by atoms with Crippen LogP contribution in [0.4, 0.5) is 5.82 Å². The van der Waals surface area contributed by atoms with Crippen LogP contribution in [-0.4, -0.2) is 21.7 Å². The molecule has 0 saturated heterocycles. The van der Waals surface area contributed by atoms with Gasteiger partial charge in [0.15, 0.2) is 0 Å². The molecule has 102 valence electrons. The lowest BCUT2D eigenvalue weighted by Gasteiger charge is -2.14. The van der Waals surface area contributed by atoms with Gasteiger partial charge < -0.3 is 14.6 Å². The minimum Gasteiger partial charge on any atom is -0.478 e. The van der Waals surface area contributed by atoms with Gasteiger partial charge in [0.2, 0.25) is 5.88 Å². The summed E-state index contributed by atoms with van der Waals surface area (Å²) in [5, 5.41) is 7.25. The molecular formula is C13H18N4O2. The van der Waals surface area contributed by atoms with Gasteiger partial charge in [-0.25, -0.2) is 9.97 Å². The molecule has 0 aliphatic rings. The number of rotatable bonds is 5. The number of aryl methyl sites for hydroxylation is 2. The molecule has 2 heterocycles. The normalized spacial score (nSPS) is 12.2. The van der Waals surface area contributed by atoms with Gasteiger partial charge in [-0.15, -0.1) is 0 Å². The van der Waals surface area contributed by atoms with Crippen LogP contribution in [-0.2, 0) is 0 Å². The summed E-state index contributed by atoms with van der Waals surface area (Å²) in [4.78, 5) is 8.21. The number of hydrogen-bond donors (Lipinski definition) is 1. The molecule has 0 amide bonds. The zero-order valence-corrected chi connectivity index (χ0v) is 11.6. The first-order valence-corrected chi connectivity index (χ1v) is 6.26. The molecule has 0 radical (unpaired) electrons. The van der Waals surface area contributed by atoms with E-state index in [4.69, 9.17) is 9.26 Å². The summed E-state index contributed by atoms with van der Waals surface area (Å²) in [6.07, 6.45) is 1.48. The Morgan fingerprint density at radius 3 is 2.79 bits per heavy atom. The molecule has 2 aromatic rings. The zero-order valence-electron chi connectivity index (χ0n) is 11.6. The molecule has 2 aromatic heterocycles. The van der Waals surface area contributed by atoms with Gasteiger partial charge in [-0.2, -0.15) is 0 Å². The Bertz CT molecular complexity index is 534. The lowest BCUT2D eigenvalue weighted by Crippen LogP contribution is -2.10. The topological polar surface area (TPSA) is 73.1 Å². The maximum absolute atomic E-state index is 5.34. The molecule has 0 spiro atoms.